The van der Waals surface area contributed by atoms with Crippen molar-refractivity contribution in [2.75, 3.05) is 26.1 Å². The molecule has 0 fully saturated rings. The average Bonchev–Trinajstić information content (AvgIpc) is 3.07. The molecule has 2 aromatic carbocycles. The molecular formula is C23H27N3O6. The number of hydrogen-bond acceptors (Lipinski definition) is 6. The van der Waals surface area contributed by atoms with Gasteiger partial charge in [-0.25, -0.2) is 4.79 Å². The van der Waals surface area contributed by atoms with Gasteiger partial charge in [0.15, 0.2) is 6.61 Å². The lowest BCUT2D eigenvalue weighted by atomic mass is 10.2. The standard InChI is InChI=1S/C23H27N3O6/c1-4-10-25-19-7-5-6-8-20(19)26(23(25)29)11-9-22(28)32-15-21(27)24-16-12-17(30-2)14-18(13-16)31-3/h5-8,12-14H,4,9-11,15H2,1-3H3,(H,24,27). The minimum absolute atomic E-state index is 0.0275. The van der Waals surface area contributed by atoms with E-state index in [1.165, 1.54) is 14.2 Å². The lowest BCUT2D eigenvalue weighted by Gasteiger charge is -2.10. The number of hydrogen-bond donors (Lipinski definition) is 1. The summed E-state index contributed by atoms with van der Waals surface area (Å²) in [5.74, 6) is -0.0263. The predicted molar refractivity (Wildman–Crippen MR) is 120 cm³/mol. The zero-order chi connectivity index (χ0) is 23.1. The lowest BCUT2D eigenvalue weighted by molar-refractivity contribution is -0.147. The molecule has 0 aliphatic carbocycles. The van der Waals surface area contributed by atoms with Crippen molar-refractivity contribution in [3.8, 4) is 11.5 Å². The van der Waals surface area contributed by atoms with Gasteiger partial charge in [0.2, 0.25) is 0 Å². The van der Waals surface area contributed by atoms with E-state index in [0.29, 0.717) is 23.7 Å². The summed E-state index contributed by atoms with van der Waals surface area (Å²) in [5, 5.41) is 2.64. The lowest BCUT2D eigenvalue weighted by Crippen LogP contribution is -2.26. The Hall–Kier alpha value is -3.75. The number of aryl methyl sites for hydroxylation is 2. The van der Waals surface area contributed by atoms with Crippen molar-refractivity contribution in [1.29, 1.82) is 0 Å². The second-order valence-electron chi connectivity index (χ2n) is 7.13. The summed E-state index contributed by atoms with van der Waals surface area (Å²) in [6.07, 6.45) is 0.796. The molecule has 1 heterocycles. The molecule has 0 spiro atoms. The number of benzene rings is 2. The summed E-state index contributed by atoms with van der Waals surface area (Å²) < 4.78 is 18.7. The van der Waals surface area contributed by atoms with Crippen molar-refractivity contribution in [2.24, 2.45) is 0 Å². The number of anilines is 1. The van der Waals surface area contributed by atoms with E-state index in [1.54, 1.807) is 27.3 Å². The SMILES string of the molecule is CCCn1c(=O)n(CCC(=O)OCC(=O)Nc2cc(OC)cc(OC)c2)c2ccccc21. The van der Waals surface area contributed by atoms with Crippen LogP contribution < -0.4 is 20.5 Å². The van der Waals surface area contributed by atoms with E-state index in [9.17, 15) is 14.4 Å². The normalized spacial score (nSPS) is 10.7. The maximum atomic E-state index is 12.8. The van der Waals surface area contributed by atoms with Gasteiger partial charge in [-0.1, -0.05) is 19.1 Å². The quantitative estimate of drug-likeness (QED) is 0.486. The van der Waals surface area contributed by atoms with Crippen molar-refractivity contribution < 1.29 is 23.8 Å². The van der Waals surface area contributed by atoms with Crippen molar-refractivity contribution in [1.82, 2.24) is 9.13 Å². The minimum atomic E-state index is -0.567. The molecule has 0 aliphatic heterocycles. The van der Waals surface area contributed by atoms with Gasteiger partial charge in [0, 0.05) is 37.0 Å². The fraction of sp³-hybridized carbons (Fsp3) is 0.348. The number of carbonyl (C=O) groups excluding carboxylic acids is 2. The van der Waals surface area contributed by atoms with Crippen molar-refractivity contribution in [2.45, 2.75) is 32.9 Å². The highest BCUT2D eigenvalue weighted by molar-refractivity contribution is 5.93. The van der Waals surface area contributed by atoms with E-state index < -0.39 is 18.5 Å². The van der Waals surface area contributed by atoms with Crippen LogP contribution in [0.25, 0.3) is 11.0 Å². The molecule has 0 saturated carbocycles. The van der Waals surface area contributed by atoms with Gasteiger partial charge in [-0.3, -0.25) is 18.7 Å². The molecule has 9 nitrogen and oxygen atoms in total. The maximum absolute atomic E-state index is 12.8. The predicted octanol–water partition coefficient (Wildman–Crippen LogP) is 2.80. The number of amides is 1. The Morgan fingerprint density at radius 3 is 2.09 bits per heavy atom. The number of nitrogens with one attached hydrogen (secondary N) is 1. The molecule has 1 N–H and O–H groups in total. The van der Waals surface area contributed by atoms with Crippen molar-refractivity contribution in [3.63, 3.8) is 0 Å². The van der Waals surface area contributed by atoms with Crippen LogP contribution in [-0.4, -0.2) is 41.8 Å². The third-order valence-electron chi connectivity index (χ3n) is 4.91. The van der Waals surface area contributed by atoms with Crippen LogP contribution in [0.3, 0.4) is 0 Å². The summed E-state index contributed by atoms with van der Waals surface area (Å²) in [6, 6.07) is 12.4. The van der Waals surface area contributed by atoms with E-state index in [1.807, 2.05) is 31.2 Å². The van der Waals surface area contributed by atoms with Gasteiger partial charge in [-0.2, -0.15) is 0 Å². The molecule has 0 radical (unpaired) electrons. The van der Waals surface area contributed by atoms with Crippen LogP contribution in [0.15, 0.2) is 47.3 Å². The Bertz CT molecular complexity index is 1140. The van der Waals surface area contributed by atoms with Crippen LogP contribution in [-0.2, 0) is 27.4 Å². The first-order valence-corrected chi connectivity index (χ1v) is 10.3. The Labute approximate surface area is 185 Å². The highest BCUT2D eigenvalue weighted by atomic mass is 16.5. The van der Waals surface area contributed by atoms with E-state index in [2.05, 4.69) is 5.32 Å². The number of ether oxygens (including phenoxy) is 3. The van der Waals surface area contributed by atoms with Crippen molar-refractivity contribution in [3.05, 3.63) is 52.9 Å². The largest absolute Gasteiger partial charge is 0.497 e. The summed E-state index contributed by atoms with van der Waals surface area (Å²) in [6.45, 7) is 2.34. The number of esters is 1. The molecule has 0 atom stereocenters. The van der Waals surface area contributed by atoms with E-state index >= 15 is 0 Å². The number of carbonyl (C=O) groups is 2. The second-order valence-corrected chi connectivity index (χ2v) is 7.13. The Kier molecular flexibility index (Phi) is 7.54. The Morgan fingerprint density at radius 2 is 1.53 bits per heavy atom. The monoisotopic (exact) mass is 441 g/mol. The number of rotatable bonds is 10. The van der Waals surface area contributed by atoms with Gasteiger partial charge >= 0.3 is 11.7 Å². The first-order chi connectivity index (χ1) is 15.5. The van der Waals surface area contributed by atoms with Gasteiger partial charge in [-0.05, 0) is 18.6 Å². The van der Waals surface area contributed by atoms with Crippen LogP contribution in [0.5, 0.6) is 11.5 Å². The van der Waals surface area contributed by atoms with Crippen LogP contribution in [0.1, 0.15) is 19.8 Å². The van der Waals surface area contributed by atoms with Gasteiger partial charge in [0.05, 0.1) is 31.7 Å². The molecule has 1 amide bonds. The van der Waals surface area contributed by atoms with Gasteiger partial charge in [0.25, 0.3) is 5.91 Å². The van der Waals surface area contributed by atoms with E-state index in [0.717, 1.165) is 17.5 Å². The third kappa shape index (κ3) is 5.29. The Morgan fingerprint density at radius 1 is 0.938 bits per heavy atom. The van der Waals surface area contributed by atoms with Gasteiger partial charge in [-0.15, -0.1) is 0 Å². The molecule has 0 aliphatic rings. The van der Waals surface area contributed by atoms with Crippen LogP contribution in [0, 0.1) is 0 Å². The van der Waals surface area contributed by atoms with Gasteiger partial charge < -0.3 is 19.5 Å². The first kappa shape index (κ1) is 22.9. The first-order valence-electron chi connectivity index (χ1n) is 10.3. The molecule has 0 bridgehead atoms. The number of methoxy groups -OCH3 is 2. The van der Waals surface area contributed by atoms with Gasteiger partial charge in [0.1, 0.15) is 11.5 Å². The summed E-state index contributed by atoms with van der Waals surface area (Å²) >= 11 is 0. The number of nitrogens with zero attached hydrogens (tertiary/aromatic N) is 2. The Balaban J connectivity index is 1.58. The summed E-state index contributed by atoms with van der Waals surface area (Å²) in [5.41, 5.74) is 1.90. The topological polar surface area (TPSA) is 101 Å². The number of fused-ring (bicyclic) bond motifs is 1. The molecular weight excluding hydrogens is 414 g/mol. The molecule has 32 heavy (non-hydrogen) atoms. The molecule has 3 rings (SSSR count). The third-order valence-corrected chi connectivity index (χ3v) is 4.91. The fourth-order valence-electron chi connectivity index (χ4n) is 3.43. The van der Waals surface area contributed by atoms with E-state index in [4.69, 9.17) is 14.2 Å². The zero-order valence-electron chi connectivity index (χ0n) is 18.4. The van der Waals surface area contributed by atoms with Crippen LogP contribution >= 0.6 is 0 Å². The molecule has 0 unspecified atom stereocenters. The highest BCUT2D eigenvalue weighted by Crippen LogP contribution is 2.25. The number of para-hydroxylation sites is 2. The number of imidazole rings is 1. The molecule has 9 heteroatoms. The summed E-state index contributed by atoms with van der Waals surface area (Å²) in [4.78, 5) is 37.1. The second kappa shape index (κ2) is 10.5. The van der Waals surface area contributed by atoms with E-state index in [-0.39, 0.29) is 18.7 Å². The van der Waals surface area contributed by atoms with Crippen molar-refractivity contribution >= 4 is 28.6 Å². The minimum Gasteiger partial charge on any atom is -0.497 e. The van der Waals surface area contributed by atoms with Crippen LogP contribution in [0.2, 0.25) is 0 Å². The smallest absolute Gasteiger partial charge is 0.329 e. The summed E-state index contributed by atoms with van der Waals surface area (Å²) in [7, 11) is 3.01. The molecule has 3 aromatic rings. The fourth-order valence-corrected chi connectivity index (χ4v) is 3.43. The highest BCUT2D eigenvalue weighted by Gasteiger charge is 2.15. The van der Waals surface area contributed by atoms with Crippen LogP contribution in [0.4, 0.5) is 5.69 Å². The average molecular weight is 441 g/mol. The number of aromatic nitrogens is 2. The maximum Gasteiger partial charge on any atom is 0.329 e. The zero-order valence-corrected chi connectivity index (χ0v) is 18.4. The molecule has 170 valence electrons. The molecule has 1 aromatic heterocycles. The molecule has 0 saturated heterocycles.